The first-order chi connectivity index (χ1) is 9.72. The summed E-state index contributed by atoms with van der Waals surface area (Å²) < 4.78 is 0. The summed E-state index contributed by atoms with van der Waals surface area (Å²) in [6.07, 6.45) is 7.19. The largest absolute Gasteiger partial charge is 0.350 e. The molecular formula is C14H18N4OS. The lowest BCUT2D eigenvalue weighted by Crippen LogP contribution is -2.26. The molecule has 0 aromatic carbocycles. The van der Waals surface area contributed by atoms with E-state index in [0.29, 0.717) is 12.2 Å². The fourth-order valence-electron chi connectivity index (χ4n) is 2.43. The van der Waals surface area contributed by atoms with Crippen LogP contribution >= 0.6 is 11.3 Å². The minimum absolute atomic E-state index is 0.105. The van der Waals surface area contributed by atoms with Crippen molar-refractivity contribution in [2.75, 3.05) is 6.54 Å². The summed E-state index contributed by atoms with van der Waals surface area (Å²) in [5, 5.41) is 4.03. The Morgan fingerprint density at radius 3 is 3.05 bits per heavy atom. The molecule has 0 bridgehead atoms. The van der Waals surface area contributed by atoms with Crippen molar-refractivity contribution in [1.82, 2.24) is 20.3 Å². The van der Waals surface area contributed by atoms with Crippen LogP contribution in [0.5, 0.6) is 0 Å². The molecule has 0 radical (unpaired) electrons. The number of fused-ring (bicyclic) bond motifs is 1. The second-order valence-corrected chi connectivity index (χ2v) is 6.24. The van der Waals surface area contributed by atoms with E-state index in [9.17, 15) is 4.79 Å². The van der Waals surface area contributed by atoms with Crippen molar-refractivity contribution in [2.45, 2.75) is 39.0 Å². The van der Waals surface area contributed by atoms with E-state index in [4.69, 9.17) is 0 Å². The zero-order chi connectivity index (χ0) is 13.9. The van der Waals surface area contributed by atoms with Gasteiger partial charge in [-0.1, -0.05) is 0 Å². The van der Waals surface area contributed by atoms with Gasteiger partial charge in [0.15, 0.2) is 0 Å². The van der Waals surface area contributed by atoms with Crippen molar-refractivity contribution in [1.29, 1.82) is 0 Å². The molecule has 0 saturated carbocycles. The third-order valence-electron chi connectivity index (χ3n) is 3.46. The van der Waals surface area contributed by atoms with Crippen molar-refractivity contribution in [3.8, 4) is 0 Å². The molecule has 2 heterocycles. The van der Waals surface area contributed by atoms with Gasteiger partial charge in [-0.2, -0.15) is 0 Å². The summed E-state index contributed by atoms with van der Waals surface area (Å²) in [6, 6.07) is 0. The number of amides is 1. The second-order valence-electron chi connectivity index (χ2n) is 5.07. The average molecular weight is 290 g/mol. The molecule has 2 aromatic heterocycles. The maximum atomic E-state index is 11.8. The Bertz CT molecular complexity index is 593. The fourth-order valence-corrected chi connectivity index (χ4v) is 3.58. The number of carbonyl (C=O) groups is 1. The van der Waals surface area contributed by atoms with E-state index in [-0.39, 0.29) is 5.91 Å². The molecule has 0 atom stereocenters. The van der Waals surface area contributed by atoms with Gasteiger partial charge >= 0.3 is 0 Å². The van der Waals surface area contributed by atoms with Crippen LogP contribution in [-0.2, 0) is 19.3 Å². The number of aromatic nitrogens is 3. The maximum absolute atomic E-state index is 11.8. The third kappa shape index (κ3) is 2.90. The summed E-state index contributed by atoms with van der Waals surface area (Å²) in [6.45, 7) is 2.44. The van der Waals surface area contributed by atoms with E-state index >= 15 is 0 Å². The molecule has 0 saturated heterocycles. The topological polar surface area (TPSA) is 70.7 Å². The number of aromatic amines is 1. The van der Waals surface area contributed by atoms with Crippen LogP contribution in [-0.4, -0.2) is 27.4 Å². The molecule has 0 unspecified atom stereocenters. The van der Waals surface area contributed by atoms with E-state index < -0.39 is 0 Å². The Morgan fingerprint density at radius 2 is 2.30 bits per heavy atom. The molecule has 6 heteroatoms. The van der Waals surface area contributed by atoms with Gasteiger partial charge in [0.2, 0.25) is 0 Å². The molecule has 20 heavy (non-hydrogen) atoms. The van der Waals surface area contributed by atoms with Crippen LogP contribution in [0.25, 0.3) is 0 Å². The molecule has 3 rings (SSSR count). The highest BCUT2D eigenvalue weighted by Crippen LogP contribution is 2.26. The van der Waals surface area contributed by atoms with E-state index in [0.717, 1.165) is 23.7 Å². The van der Waals surface area contributed by atoms with Crippen LogP contribution in [0.1, 0.15) is 44.7 Å². The molecule has 1 aliphatic carbocycles. The molecule has 0 spiro atoms. The molecule has 106 valence electrons. The van der Waals surface area contributed by atoms with Gasteiger partial charge in [0.25, 0.3) is 5.91 Å². The SMILES string of the molecule is Cc1ncc(C(=O)NCCc2nc3c(s2)CCCC3)[nH]1. The molecule has 2 aromatic rings. The van der Waals surface area contributed by atoms with Crippen LogP contribution in [0.4, 0.5) is 0 Å². The molecule has 5 nitrogen and oxygen atoms in total. The minimum atomic E-state index is -0.105. The standard InChI is InChI=1S/C14H18N4OS/c1-9-16-8-11(17-9)14(19)15-7-6-13-18-10-4-2-3-5-12(10)20-13/h8H,2-7H2,1H3,(H,15,19)(H,16,17). The zero-order valence-corrected chi connectivity index (χ0v) is 12.3. The number of hydrogen-bond acceptors (Lipinski definition) is 4. The second kappa shape index (κ2) is 5.75. The Kier molecular flexibility index (Phi) is 3.82. The third-order valence-corrected chi connectivity index (χ3v) is 4.68. The number of nitrogens with zero attached hydrogens (tertiary/aromatic N) is 2. The van der Waals surface area contributed by atoms with E-state index in [1.54, 1.807) is 17.5 Å². The number of imidazole rings is 1. The lowest BCUT2D eigenvalue weighted by atomic mass is 10.0. The van der Waals surface area contributed by atoms with Crippen LogP contribution < -0.4 is 5.32 Å². The van der Waals surface area contributed by atoms with Gasteiger partial charge in [0, 0.05) is 17.8 Å². The summed E-state index contributed by atoms with van der Waals surface area (Å²) in [5.74, 6) is 0.648. The maximum Gasteiger partial charge on any atom is 0.269 e. The summed E-state index contributed by atoms with van der Waals surface area (Å²) in [7, 11) is 0. The summed E-state index contributed by atoms with van der Waals surface area (Å²) >= 11 is 1.80. The number of H-pyrrole nitrogens is 1. The van der Waals surface area contributed by atoms with Gasteiger partial charge in [-0.15, -0.1) is 11.3 Å². The Morgan fingerprint density at radius 1 is 1.45 bits per heavy atom. The lowest BCUT2D eigenvalue weighted by molar-refractivity contribution is 0.0949. The number of aryl methyl sites for hydroxylation is 3. The molecule has 0 aliphatic heterocycles. The molecule has 2 N–H and O–H groups in total. The monoisotopic (exact) mass is 290 g/mol. The van der Waals surface area contributed by atoms with Gasteiger partial charge in [-0.25, -0.2) is 9.97 Å². The lowest BCUT2D eigenvalue weighted by Gasteiger charge is -2.06. The molecule has 0 fully saturated rings. The molecule has 1 aliphatic rings. The van der Waals surface area contributed by atoms with Crippen LogP contribution in [0, 0.1) is 6.92 Å². The molecular weight excluding hydrogens is 272 g/mol. The number of hydrogen-bond donors (Lipinski definition) is 2. The Balaban J connectivity index is 1.52. The fraction of sp³-hybridized carbons (Fsp3) is 0.500. The van der Waals surface area contributed by atoms with Gasteiger partial charge in [-0.05, 0) is 32.6 Å². The predicted octanol–water partition coefficient (Wildman–Crippen LogP) is 2.03. The number of rotatable bonds is 4. The first kappa shape index (κ1) is 13.3. The summed E-state index contributed by atoms with van der Waals surface area (Å²) in [4.78, 5) is 24.9. The van der Waals surface area contributed by atoms with Crippen LogP contribution in [0.2, 0.25) is 0 Å². The molecule has 1 amide bonds. The zero-order valence-electron chi connectivity index (χ0n) is 11.5. The minimum Gasteiger partial charge on any atom is -0.350 e. The highest BCUT2D eigenvalue weighted by Gasteiger charge is 2.15. The van der Waals surface area contributed by atoms with E-state index in [1.165, 1.54) is 29.8 Å². The van der Waals surface area contributed by atoms with Gasteiger partial charge < -0.3 is 10.3 Å². The van der Waals surface area contributed by atoms with Crippen molar-refractivity contribution < 1.29 is 4.79 Å². The number of thiazole rings is 1. The van der Waals surface area contributed by atoms with Gasteiger partial charge in [0.05, 0.1) is 16.9 Å². The average Bonchev–Trinajstić information content (AvgIpc) is 3.04. The Labute approximate surface area is 121 Å². The van der Waals surface area contributed by atoms with Gasteiger partial charge in [0.1, 0.15) is 11.5 Å². The van der Waals surface area contributed by atoms with Crippen LogP contribution in [0.3, 0.4) is 0 Å². The van der Waals surface area contributed by atoms with E-state index in [2.05, 4.69) is 20.3 Å². The highest BCUT2D eigenvalue weighted by atomic mass is 32.1. The Hall–Kier alpha value is -1.69. The first-order valence-electron chi connectivity index (χ1n) is 6.99. The number of carbonyl (C=O) groups excluding carboxylic acids is 1. The number of nitrogens with one attached hydrogen (secondary N) is 2. The normalized spacial score (nSPS) is 14.1. The van der Waals surface area contributed by atoms with Crippen molar-refractivity contribution >= 4 is 17.2 Å². The van der Waals surface area contributed by atoms with Crippen LogP contribution in [0.15, 0.2) is 6.20 Å². The van der Waals surface area contributed by atoms with Crippen molar-refractivity contribution in [3.63, 3.8) is 0 Å². The summed E-state index contributed by atoms with van der Waals surface area (Å²) in [5.41, 5.74) is 1.80. The van der Waals surface area contributed by atoms with E-state index in [1.807, 2.05) is 6.92 Å². The highest BCUT2D eigenvalue weighted by molar-refractivity contribution is 7.11. The quantitative estimate of drug-likeness (QED) is 0.905. The predicted molar refractivity (Wildman–Crippen MR) is 78.1 cm³/mol. The van der Waals surface area contributed by atoms with Gasteiger partial charge in [-0.3, -0.25) is 4.79 Å². The first-order valence-corrected chi connectivity index (χ1v) is 7.81. The smallest absolute Gasteiger partial charge is 0.269 e. The van der Waals surface area contributed by atoms with Crippen molar-refractivity contribution in [2.24, 2.45) is 0 Å². The van der Waals surface area contributed by atoms with Crippen molar-refractivity contribution in [3.05, 3.63) is 33.3 Å².